The van der Waals surface area contributed by atoms with E-state index in [4.69, 9.17) is 11.6 Å². The molecule has 0 aromatic heterocycles. The molecule has 0 saturated carbocycles. The van der Waals surface area contributed by atoms with Gasteiger partial charge in [-0.25, -0.2) is 8.78 Å². The zero-order chi connectivity index (χ0) is 16.8. The summed E-state index contributed by atoms with van der Waals surface area (Å²) < 4.78 is 26.8. The van der Waals surface area contributed by atoms with Crippen LogP contribution in [0.15, 0.2) is 42.5 Å². The molecule has 0 spiro atoms. The van der Waals surface area contributed by atoms with E-state index in [0.717, 1.165) is 17.7 Å². The highest BCUT2D eigenvalue weighted by molar-refractivity contribution is 6.35. The zero-order valence-electron chi connectivity index (χ0n) is 11.9. The van der Waals surface area contributed by atoms with Crippen LogP contribution in [-0.2, 0) is 22.7 Å². The van der Waals surface area contributed by atoms with Crippen molar-refractivity contribution in [2.75, 3.05) is 0 Å². The SMILES string of the molecule is O=C(NCc1ccc(Cl)cc1)C(=O)NCc1c(F)cccc1F. The second-order valence-electron chi connectivity index (χ2n) is 4.69. The average Bonchev–Trinajstić information content (AvgIpc) is 2.53. The van der Waals surface area contributed by atoms with Crippen LogP contribution in [0.5, 0.6) is 0 Å². The first kappa shape index (κ1) is 16.9. The van der Waals surface area contributed by atoms with Gasteiger partial charge in [0.15, 0.2) is 0 Å². The Morgan fingerprint density at radius 1 is 0.870 bits per heavy atom. The van der Waals surface area contributed by atoms with Crippen LogP contribution in [0.4, 0.5) is 8.78 Å². The highest BCUT2D eigenvalue weighted by atomic mass is 35.5. The molecule has 2 amide bonds. The minimum atomic E-state index is -0.971. The molecule has 0 aliphatic rings. The zero-order valence-corrected chi connectivity index (χ0v) is 12.7. The third-order valence-electron chi connectivity index (χ3n) is 3.06. The molecule has 0 saturated heterocycles. The summed E-state index contributed by atoms with van der Waals surface area (Å²) in [6.45, 7) is -0.275. The summed E-state index contributed by atoms with van der Waals surface area (Å²) in [5, 5.41) is 5.14. The topological polar surface area (TPSA) is 58.2 Å². The Balaban J connectivity index is 1.85. The van der Waals surface area contributed by atoms with Gasteiger partial charge in [0.05, 0.1) is 0 Å². The fourth-order valence-corrected chi connectivity index (χ4v) is 1.94. The summed E-state index contributed by atoms with van der Waals surface area (Å²) in [5.41, 5.74) is 0.460. The summed E-state index contributed by atoms with van der Waals surface area (Å²) in [5.74, 6) is -3.43. The van der Waals surface area contributed by atoms with Gasteiger partial charge < -0.3 is 10.6 Å². The lowest BCUT2D eigenvalue weighted by Gasteiger charge is -2.08. The quantitative estimate of drug-likeness (QED) is 0.842. The van der Waals surface area contributed by atoms with Gasteiger partial charge in [0.25, 0.3) is 0 Å². The first-order valence-electron chi connectivity index (χ1n) is 6.70. The summed E-state index contributed by atoms with van der Waals surface area (Å²) in [6.07, 6.45) is 0. The predicted molar refractivity (Wildman–Crippen MR) is 81.5 cm³/mol. The summed E-state index contributed by atoms with van der Waals surface area (Å²) in [4.78, 5) is 23.3. The molecule has 23 heavy (non-hydrogen) atoms. The van der Waals surface area contributed by atoms with Crippen molar-refractivity contribution in [2.45, 2.75) is 13.1 Å². The number of carbonyl (C=O) groups excluding carboxylic acids is 2. The van der Waals surface area contributed by atoms with E-state index >= 15 is 0 Å². The van der Waals surface area contributed by atoms with E-state index in [1.165, 1.54) is 6.07 Å². The highest BCUT2D eigenvalue weighted by Gasteiger charge is 2.15. The molecule has 0 aliphatic carbocycles. The number of benzene rings is 2. The van der Waals surface area contributed by atoms with Crippen LogP contribution < -0.4 is 10.6 Å². The van der Waals surface area contributed by atoms with Crippen molar-refractivity contribution in [3.8, 4) is 0 Å². The van der Waals surface area contributed by atoms with Crippen LogP contribution in [-0.4, -0.2) is 11.8 Å². The monoisotopic (exact) mass is 338 g/mol. The number of halogens is 3. The van der Waals surface area contributed by atoms with E-state index in [2.05, 4.69) is 10.6 Å². The van der Waals surface area contributed by atoms with E-state index in [9.17, 15) is 18.4 Å². The second kappa shape index (κ2) is 7.69. The first-order valence-corrected chi connectivity index (χ1v) is 7.08. The van der Waals surface area contributed by atoms with Crippen molar-refractivity contribution in [1.29, 1.82) is 0 Å². The Hall–Kier alpha value is -2.47. The van der Waals surface area contributed by atoms with E-state index < -0.39 is 30.0 Å². The molecular formula is C16H13ClF2N2O2. The van der Waals surface area contributed by atoms with Crippen molar-refractivity contribution in [1.82, 2.24) is 10.6 Å². The lowest BCUT2D eigenvalue weighted by molar-refractivity contribution is -0.139. The van der Waals surface area contributed by atoms with Crippen LogP contribution in [0.1, 0.15) is 11.1 Å². The molecule has 0 fully saturated rings. The Bertz CT molecular complexity index is 700. The molecule has 2 rings (SSSR count). The number of amides is 2. The third kappa shape index (κ3) is 4.75. The maximum atomic E-state index is 13.4. The van der Waals surface area contributed by atoms with Crippen LogP contribution in [0.3, 0.4) is 0 Å². The van der Waals surface area contributed by atoms with Gasteiger partial charge in [-0.1, -0.05) is 29.8 Å². The van der Waals surface area contributed by atoms with Gasteiger partial charge in [0, 0.05) is 23.7 Å². The van der Waals surface area contributed by atoms with Crippen molar-refractivity contribution >= 4 is 23.4 Å². The molecule has 0 aliphatic heterocycles. The number of rotatable bonds is 4. The summed E-state index contributed by atoms with van der Waals surface area (Å²) in [6, 6.07) is 10.1. The molecule has 2 aromatic rings. The molecule has 0 bridgehead atoms. The molecule has 7 heteroatoms. The molecule has 120 valence electrons. The highest BCUT2D eigenvalue weighted by Crippen LogP contribution is 2.11. The van der Waals surface area contributed by atoms with Crippen molar-refractivity contribution in [3.05, 3.63) is 70.2 Å². The molecule has 0 atom stereocenters. The third-order valence-corrected chi connectivity index (χ3v) is 3.31. The smallest absolute Gasteiger partial charge is 0.309 e. The first-order chi connectivity index (χ1) is 11.0. The van der Waals surface area contributed by atoms with Gasteiger partial charge in [-0.05, 0) is 29.8 Å². The van der Waals surface area contributed by atoms with Gasteiger partial charge in [-0.2, -0.15) is 0 Å². The maximum absolute atomic E-state index is 13.4. The average molecular weight is 339 g/mol. The number of hydrogen-bond donors (Lipinski definition) is 2. The molecule has 0 radical (unpaired) electrons. The lowest BCUT2D eigenvalue weighted by atomic mass is 10.2. The van der Waals surface area contributed by atoms with Gasteiger partial charge >= 0.3 is 11.8 Å². The predicted octanol–water partition coefficient (Wildman–Crippen LogP) is 2.55. The summed E-state index contributed by atoms with van der Waals surface area (Å²) in [7, 11) is 0. The van der Waals surface area contributed by atoms with E-state index in [-0.39, 0.29) is 12.1 Å². The van der Waals surface area contributed by atoms with E-state index in [1.54, 1.807) is 24.3 Å². The fraction of sp³-hybridized carbons (Fsp3) is 0.125. The lowest BCUT2D eigenvalue weighted by Crippen LogP contribution is -2.39. The van der Waals surface area contributed by atoms with Gasteiger partial charge in [0.1, 0.15) is 11.6 Å². The Kier molecular flexibility index (Phi) is 5.65. The minimum Gasteiger partial charge on any atom is -0.344 e. The van der Waals surface area contributed by atoms with Gasteiger partial charge in [-0.3, -0.25) is 9.59 Å². The van der Waals surface area contributed by atoms with Gasteiger partial charge in [0.2, 0.25) is 0 Å². The van der Waals surface area contributed by atoms with Crippen LogP contribution in [0.2, 0.25) is 5.02 Å². The standard InChI is InChI=1S/C16H13ClF2N2O2/c17-11-6-4-10(5-7-11)8-20-15(22)16(23)21-9-12-13(18)2-1-3-14(12)19/h1-7H,8-9H2,(H,20,22)(H,21,23). The Morgan fingerprint density at radius 3 is 1.96 bits per heavy atom. The second-order valence-corrected chi connectivity index (χ2v) is 5.13. The fourth-order valence-electron chi connectivity index (χ4n) is 1.82. The summed E-state index contributed by atoms with van der Waals surface area (Å²) >= 11 is 5.74. The molecule has 2 aromatic carbocycles. The van der Waals surface area contributed by atoms with Gasteiger partial charge in [-0.15, -0.1) is 0 Å². The molecular weight excluding hydrogens is 326 g/mol. The molecule has 0 unspecified atom stereocenters. The largest absolute Gasteiger partial charge is 0.344 e. The number of nitrogens with one attached hydrogen (secondary N) is 2. The maximum Gasteiger partial charge on any atom is 0.309 e. The van der Waals surface area contributed by atoms with E-state index in [0.29, 0.717) is 5.02 Å². The van der Waals surface area contributed by atoms with Crippen LogP contribution in [0, 0.1) is 11.6 Å². The normalized spacial score (nSPS) is 10.2. The molecule has 4 nitrogen and oxygen atoms in total. The van der Waals surface area contributed by atoms with Crippen molar-refractivity contribution in [2.24, 2.45) is 0 Å². The van der Waals surface area contributed by atoms with Crippen LogP contribution in [0.25, 0.3) is 0 Å². The molecule has 0 heterocycles. The number of hydrogen-bond acceptors (Lipinski definition) is 2. The van der Waals surface area contributed by atoms with Crippen molar-refractivity contribution in [3.63, 3.8) is 0 Å². The Morgan fingerprint density at radius 2 is 1.39 bits per heavy atom. The molecule has 2 N–H and O–H groups in total. The van der Waals surface area contributed by atoms with E-state index in [1.807, 2.05) is 0 Å². The number of carbonyl (C=O) groups is 2. The Labute approximate surface area is 136 Å². The van der Waals surface area contributed by atoms with Crippen molar-refractivity contribution < 1.29 is 18.4 Å². The van der Waals surface area contributed by atoms with Crippen LogP contribution >= 0.6 is 11.6 Å². The minimum absolute atomic E-state index is 0.136.